The van der Waals surface area contributed by atoms with Gasteiger partial charge in [-0.25, -0.2) is 9.97 Å². The number of hydrogen-bond acceptors (Lipinski definition) is 4. The van der Waals surface area contributed by atoms with E-state index in [1.54, 1.807) is 6.33 Å². The zero-order valence-corrected chi connectivity index (χ0v) is 8.83. The van der Waals surface area contributed by atoms with Gasteiger partial charge in [-0.1, -0.05) is 6.92 Å². The van der Waals surface area contributed by atoms with E-state index in [2.05, 4.69) is 29.1 Å². The lowest BCUT2D eigenvalue weighted by atomic mass is 10.2. The third-order valence-electron chi connectivity index (χ3n) is 2.08. The molecule has 0 aliphatic rings. The predicted molar refractivity (Wildman–Crippen MR) is 58.2 cm³/mol. The molecule has 1 aromatic rings. The Hall–Kier alpha value is -1.16. The van der Waals surface area contributed by atoms with Crippen LogP contribution >= 0.6 is 0 Å². The number of anilines is 1. The number of aromatic nitrogens is 2. The van der Waals surface area contributed by atoms with E-state index in [0.717, 1.165) is 24.4 Å². The van der Waals surface area contributed by atoms with E-state index in [4.69, 9.17) is 5.73 Å². The molecule has 1 unspecified atom stereocenters. The summed E-state index contributed by atoms with van der Waals surface area (Å²) in [5.74, 6) is 0.887. The molecule has 0 aliphatic heterocycles. The van der Waals surface area contributed by atoms with Gasteiger partial charge >= 0.3 is 0 Å². The molecule has 0 saturated carbocycles. The molecule has 0 fully saturated rings. The van der Waals surface area contributed by atoms with Crippen molar-refractivity contribution < 1.29 is 0 Å². The molecule has 1 atom stereocenters. The summed E-state index contributed by atoms with van der Waals surface area (Å²) in [5.41, 5.74) is 6.52. The first-order valence-corrected chi connectivity index (χ1v) is 5.03. The van der Waals surface area contributed by atoms with Crippen molar-refractivity contribution in [1.29, 1.82) is 0 Å². The number of nitrogens with two attached hydrogens (primary N) is 1. The van der Waals surface area contributed by atoms with Crippen LogP contribution in [0, 0.1) is 0 Å². The molecule has 1 aromatic heterocycles. The molecule has 1 rings (SSSR count). The second-order valence-corrected chi connectivity index (χ2v) is 3.37. The van der Waals surface area contributed by atoms with Crippen LogP contribution in [0.25, 0.3) is 0 Å². The lowest BCUT2D eigenvalue weighted by molar-refractivity contribution is 0.712. The number of nitrogens with one attached hydrogen (secondary N) is 1. The SMILES string of the molecule is CCc1cc(NC(C)CCN)ncn1. The second-order valence-electron chi connectivity index (χ2n) is 3.37. The van der Waals surface area contributed by atoms with Crippen LogP contribution in [0.1, 0.15) is 26.0 Å². The molecule has 0 radical (unpaired) electrons. The van der Waals surface area contributed by atoms with E-state index in [1.165, 1.54) is 0 Å². The highest BCUT2D eigenvalue weighted by atomic mass is 15.0. The molecule has 4 heteroatoms. The standard InChI is InChI=1S/C10H18N4/c1-3-9-6-10(13-7-12-9)14-8(2)4-5-11/h6-8H,3-5,11H2,1-2H3,(H,12,13,14). The minimum Gasteiger partial charge on any atom is -0.367 e. The number of rotatable bonds is 5. The maximum absolute atomic E-state index is 5.47. The van der Waals surface area contributed by atoms with E-state index in [9.17, 15) is 0 Å². The topological polar surface area (TPSA) is 63.8 Å². The van der Waals surface area contributed by atoms with Crippen LogP contribution in [-0.4, -0.2) is 22.6 Å². The summed E-state index contributed by atoms with van der Waals surface area (Å²) in [5, 5.41) is 3.29. The normalized spacial score (nSPS) is 12.5. The van der Waals surface area contributed by atoms with Gasteiger partial charge in [-0.3, -0.25) is 0 Å². The molecule has 4 nitrogen and oxygen atoms in total. The van der Waals surface area contributed by atoms with Gasteiger partial charge in [-0.2, -0.15) is 0 Å². The van der Waals surface area contributed by atoms with Gasteiger partial charge in [0, 0.05) is 17.8 Å². The molecule has 0 aromatic carbocycles. The van der Waals surface area contributed by atoms with Gasteiger partial charge < -0.3 is 11.1 Å². The van der Waals surface area contributed by atoms with E-state index >= 15 is 0 Å². The highest BCUT2D eigenvalue weighted by Gasteiger charge is 2.02. The molecule has 0 aliphatic carbocycles. The predicted octanol–water partition coefficient (Wildman–Crippen LogP) is 1.19. The molecule has 0 amide bonds. The van der Waals surface area contributed by atoms with Crippen molar-refractivity contribution in [2.45, 2.75) is 32.7 Å². The van der Waals surface area contributed by atoms with E-state index in [1.807, 2.05) is 6.07 Å². The molecular weight excluding hydrogens is 176 g/mol. The fourth-order valence-corrected chi connectivity index (χ4v) is 1.24. The fourth-order valence-electron chi connectivity index (χ4n) is 1.24. The third kappa shape index (κ3) is 3.30. The highest BCUT2D eigenvalue weighted by molar-refractivity contribution is 5.35. The number of hydrogen-bond donors (Lipinski definition) is 2. The summed E-state index contributed by atoms with van der Waals surface area (Å²) in [6, 6.07) is 2.34. The number of nitrogens with zero attached hydrogens (tertiary/aromatic N) is 2. The third-order valence-corrected chi connectivity index (χ3v) is 2.08. The van der Waals surface area contributed by atoms with Gasteiger partial charge in [0.25, 0.3) is 0 Å². The van der Waals surface area contributed by atoms with Crippen LogP contribution < -0.4 is 11.1 Å². The maximum atomic E-state index is 5.47. The van der Waals surface area contributed by atoms with Crippen molar-refractivity contribution in [3.63, 3.8) is 0 Å². The Balaban J connectivity index is 2.57. The Kier molecular flexibility index (Phi) is 4.32. The summed E-state index contributed by atoms with van der Waals surface area (Å²) >= 11 is 0. The Bertz CT molecular complexity index is 275. The molecule has 3 N–H and O–H groups in total. The summed E-state index contributed by atoms with van der Waals surface area (Å²) in [7, 11) is 0. The average molecular weight is 194 g/mol. The summed E-state index contributed by atoms with van der Waals surface area (Å²) < 4.78 is 0. The van der Waals surface area contributed by atoms with Gasteiger partial charge in [-0.15, -0.1) is 0 Å². The Morgan fingerprint density at radius 2 is 2.29 bits per heavy atom. The largest absolute Gasteiger partial charge is 0.367 e. The first kappa shape index (κ1) is 10.9. The maximum Gasteiger partial charge on any atom is 0.129 e. The van der Waals surface area contributed by atoms with Gasteiger partial charge in [-0.05, 0) is 26.3 Å². The van der Waals surface area contributed by atoms with Gasteiger partial charge in [0.1, 0.15) is 12.1 Å². The van der Waals surface area contributed by atoms with Gasteiger partial charge in [0.2, 0.25) is 0 Å². The van der Waals surface area contributed by atoms with Crippen molar-refractivity contribution in [2.24, 2.45) is 5.73 Å². The van der Waals surface area contributed by atoms with Crippen LogP contribution in [0.3, 0.4) is 0 Å². The van der Waals surface area contributed by atoms with Gasteiger partial charge in [0.05, 0.1) is 0 Å². The molecule has 0 bridgehead atoms. The second kappa shape index (κ2) is 5.54. The molecule has 0 spiro atoms. The van der Waals surface area contributed by atoms with Crippen LogP contribution in [-0.2, 0) is 6.42 Å². The summed E-state index contributed by atoms with van der Waals surface area (Å²) in [6.45, 7) is 4.87. The first-order valence-electron chi connectivity index (χ1n) is 5.03. The fraction of sp³-hybridized carbons (Fsp3) is 0.600. The quantitative estimate of drug-likeness (QED) is 0.739. The van der Waals surface area contributed by atoms with E-state index in [0.29, 0.717) is 12.6 Å². The first-order chi connectivity index (χ1) is 6.76. The lowest BCUT2D eigenvalue weighted by Crippen LogP contribution is -2.20. The summed E-state index contributed by atoms with van der Waals surface area (Å²) in [4.78, 5) is 8.28. The van der Waals surface area contributed by atoms with Crippen LogP contribution in [0.5, 0.6) is 0 Å². The minimum absolute atomic E-state index is 0.361. The summed E-state index contributed by atoms with van der Waals surface area (Å²) in [6.07, 6.45) is 3.48. The van der Waals surface area contributed by atoms with Crippen LogP contribution in [0.15, 0.2) is 12.4 Å². The molecule has 0 saturated heterocycles. The number of aryl methyl sites for hydroxylation is 1. The van der Waals surface area contributed by atoms with E-state index < -0.39 is 0 Å². The van der Waals surface area contributed by atoms with Crippen molar-refractivity contribution in [3.05, 3.63) is 18.1 Å². The average Bonchev–Trinajstić information content (AvgIpc) is 2.18. The minimum atomic E-state index is 0.361. The molecule has 1 heterocycles. The van der Waals surface area contributed by atoms with Crippen LogP contribution in [0.4, 0.5) is 5.82 Å². The zero-order valence-electron chi connectivity index (χ0n) is 8.83. The molecule has 14 heavy (non-hydrogen) atoms. The Labute approximate surface area is 85.0 Å². The van der Waals surface area contributed by atoms with Gasteiger partial charge in [0.15, 0.2) is 0 Å². The molecular formula is C10H18N4. The highest BCUT2D eigenvalue weighted by Crippen LogP contribution is 2.06. The Morgan fingerprint density at radius 3 is 2.93 bits per heavy atom. The van der Waals surface area contributed by atoms with Crippen molar-refractivity contribution >= 4 is 5.82 Å². The van der Waals surface area contributed by atoms with Crippen molar-refractivity contribution in [2.75, 3.05) is 11.9 Å². The van der Waals surface area contributed by atoms with E-state index in [-0.39, 0.29) is 0 Å². The molecule has 78 valence electrons. The Morgan fingerprint density at radius 1 is 1.50 bits per heavy atom. The smallest absolute Gasteiger partial charge is 0.129 e. The zero-order chi connectivity index (χ0) is 10.4. The van der Waals surface area contributed by atoms with Crippen molar-refractivity contribution in [3.8, 4) is 0 Å². The van der Waals surface area contributed by atoms with Crippen molar-refractivity contribution in [1.82, 2.24) is 9.97 Å². The van der Waals surface area contributed by atoms with Crippen LogP contribution in [0.2, 0.25) is 0 Å². The monoisotopic (exact) mass is 194 g/mol. The lowest BCUT2D eigenvalue weighted by Gasteiger charge is -2.13.